The Bertz CT molecular complexity index is 1220. The maximum atomic E-state index is 12.4. The Labute approximate surface area is 146 Å². The Kier molecular flexibility index (Phi) is 3.38. The molecule has 0 saturated carbocycles. The van der Waals surface area contributed by atoms with Crippen LogP contribution in [0.1, 0.15) is 11.3 Å². The number of nitriles is 1. The number of halogens is 1. The predicted octanol–water partition coefficient (Wildman–Crippen LogP) is 4.64. The first-order valence-corrected chi connectivity index (χ1v) is 8.39. The number of aromatic amines is 1. The molecule has 1 aromatic carbocycles. The Morgan fingerprint density at radius 1 is 1.29 bits per heavy atom. The van der Waals surface area contributed by atoms with E-state index in [1.54, 1.807) is 6.20 Å². The molecule has 3 heterocycles. The zero-order valence-electron chi connectivity index (χ0n) is 12.6. The molecule has 4 aromatic rings. The first-order chi connectivity index (χ1) is 11.6. The lowest BCUT2D eigenvalue weighted by atomic mass is 10.0. The van der Waals surface area contributed by atoms with Crippen LogP contribution in [0.5, 0.6) is 0 Å². The van der Waals surface area contributed by atoms with Crippen LogP contribution in [0.15, 0.2) is 41.3 Å². The third kappa shape index (κ3) is 2.20. The normalized spacial score (nSPS) is 11.0. The fraction of sp³-hybridized carbons (Fsp3) is 0.0556. The lowest BCUT2D eigenvalue weighted by molar-refractivity contribution is 1.20. The SMILES string of the molecule is Cc1cc(-c2c(C#N)c(=O)[nH]c3c2sc2ccc(Cl)cc23)ccn1. The third-order valence-electron chi connectivity index (χ3n) is 3.89. The van der Waals surface area contributed by atoms with Gasteiger partial charge in [-0.3, -0.25) is 9.78 Å². The highest BCUT2D eigenvalue weighted by atomic mass is 35.5. The molecular formula is C18H10ClN3OS. The zero-order chi connectivity index (χ0) is 16.8. The van der Waals surface area contributed by atoms with Gasteiger partial charge in [-0.1, -0.05) is 11.6 Å². The van der Waals surface area contributed by atoms with Crippen LogP contribution in [0, 0.1) is 18.3 Å². The molecule has 0 unspecified atom stereocenters. The first kappa shape index (κ1) is 14.9. The smallest absolute Gasteiger partial charge is 0.267 e. The largest absolute Gasteiger partial charge is 0.319 e. The van der Waals surface area contributed by atoms with E-state index in [-0.39, 0.29) is 5.56 Å². The van der Waals surface area contributed by atoms with Gasteiger partial charge in [0.2, 0.25) is 0 Å². The summed E-state index contributed by atoms with van der Waals surface area (Å²) in [6.45, 7) is 1.88. The number of thiophene rings is 1. The average molecular weight is 352 g/mol. The van der Waals surface area contributed by atoms with Gasteiger partial charge in [0, 0.05) is 32.6 Å². The molecule has 116 valence electrons. The van der Waals surface area contributed by atoms with Gasteiger partial charge in [-0.2, -0.15) is 5.26 Å². The molecule has 0 amide bonds. The second-order valence-corrected chi connectivity index (χ2v) is 6.94. The summed E-state index contributed by atoms with van der Waals surface area (Å²) in [5.74, 6) is 0. The topological polar surface area (TPSA) is 69.5 Å². The molecule has 0 spiro atoms. The number of H-pyrrole nitrogens is 1. The minimum absolute atomic E-state index is 0.116. The molecule has 24 heavy (non-hydrogen) atoms. The van der Waals surface area contributed by atoms with Crippen LogP contribution in [0.2, 0.25) is 5.02 Å². The number of pyridine rings is 2. The molecule has 1 N–H and O–H groups in total. The highest BCUT2D eigenvalue weighted by Gasteiger charge is 2.18. The van der Waals surface area contributed by atoms with Crippen LogP contribution >= 0.6 is 22.9 Å². The molecule has 4 nitrogen and oxygen atoms in total. The lowest BCUT2D eigenvalue weighted by Gasteiger charge is -2.06. The predicted molar refractivity (Wildman–Crippen MR) is 97.6 cm³/mol. The molecule has 0 fully saturated rings. The van der Waals surface area contributed by atoms with Gasteiger partial charge < -0.3 is 4.98 Å². The van der Waals surface area contributed by atoms with Crippen molar-refractivity contribution < 1.29 is 0 Å². The summed E-state index contributed by atoms with van der Waals surface area (Å²) in [6, 6.07) is 11.3. The molecule has 0 saturated heterocycles. The molecule has 0 aliphatic carbocycles. The lowest BCUT2D eigenvalue weighted by Crippen LogP contribution is -2.11. The first-order valence-electron chi connectivity index (χ1n) is 7.19. The number of nitrogens with one attached hydrogen (secondary N) is 1. The number of benzene rings is 1. The number of rotatable bonds is 1. The van der Waals surface area contributed by atoms with Crippen molar-refractivity contribution in [3.05, 3.63) is 63.2 Å². The zero-order valence-corrected chi connectivity index (χ0v) is 14.1. The van der Waals surface area contributed by atoms with Gasteiger partial charge in [-0.05, 0) is 42.8 Å². The highest BCUT2D eigenvalue weighted by Crippen LogP contribution is 2.40. The Morgan fingerprint density at radius 3 is 2.88 bits per heavy atom. The molecule has 3 aromatic heterocycles. The quantitative estimate of drug-likeness (QED) is 0.543. The van der Waals surface area contributed by atoms with E-state index in [0.717, 1.165) is 26.0 Å². The van der Waals surface area contributed by atoms with Gasteiger partial charge in [0.1, 0.15) is 11.6 Å². The number of aromatic nitrogens is 2. The maximum absolute atomic E-state index is 12.4. The summed E-state index contributed by atoms with van der Waals surface area (Å²) in [6.07, 6.45) is 1.68. The third-order valence-corrected chi connectivity index (χ3v) is 5.31. The van der Waals surface area contributed by atoms with E-state index in [2.05, 4.69) is 9.97 Å². The summed E-state index contributed by atoms with van der Waals surface area (Å²) in [4.78, 5) is 19.5. The minimum atomic E-state index is -0.394. The summed E-state index contributed by atoms with van der Waals surface area (Å²) in [5, 5.41) is 11.0. The molecule has 0 radical (unpaired) electrons. The molecular weight excluding hydrogens is 342 g/mol. The van der Waals surface area contributed by atoms with Crippen LogP contribution in [0.4, 0.5) is 0 Å². The van der Waals surface area contributed by atoms with E-state index in [1.165, 1.54) is 11.3 Å². The van der Waals surface area contributed by atoms with Crippen molar-refractivity contribution in [3.63, 3.8) is 0 Å². The van der Waals surface area contributed by atoms with E-state index in [1.807, 2.05) is 43.3 Å². The number of hydrogen-bond donors (Lipinski definition) is 1. The standard InChI is InChI=1S/C18H10ClN3OS/c1-9-6-10(4-5-21-9)15-13(8-20)18(23)22-16-12-7-11(19)2-3-14(12)24-17(15)16/h2-7H,1H3,(H,22,23). The van der Waals surface area contributed by atoms with Crippen molar-refractivity contribution in [1.29, 1.82) is 5.26 Å². The Hall–Kier alpha value is -2.68. The van der Waals surface area contributed by atoms with Crippen LogP contribution < -0.4 is 5.56 Å². The second-order valence-electron chi connectivity index (χ2n) is 5.45. The fourth-order valence-electron chi connectivity index (χ4n) is 2.86. The highest BCUT2D eigenvalue weighted by molar-refractivity contribution is 7.26. The van der Waals surface area contributed by atoms with Crippen LogP contribution in [-0.4, -0.2) is 9.97 Å². The van der Waals surface area contributed by atoms with Gasteiger partial charge in [0.05, 0.1) is 10.2 Å². The van der Waals surface area contributed by atoms with Crippen LogP contribution in [-0.2, 0) is 0 Å². The molecule has 0 atom stereocenters. The van der Waals surface area contributed by atoms with Crippen molar-refractivity contribution in [1.82, 2.24) is 9.97 Å². The second kappa shape index (κ2) is 5.45. The minimum Gasteiger partial charge on any atom is -0.319 e. The number of nitrogens with zero attached hydrogens (tertiary/aromatic N) is 2. The van der Waals surface area contributed by atoms with Gasteiger partial charge in [-0.15, -0.1) is 11.3 Å². The van der Waals surface area contributed by atoms with Crippen molar-refractivity contribution in [3.8, 4) is 17.2 Å². The van der Waals surface area contributed by atoms with Crippen molar-refractivity contribution in [2.45, 2.75) is 6.92 Å². The van der Waals surface area contributed by atoms with Gasteiger partial charge in [0.15, 0.2) is 0 Å². The van der Waals surface area contributed by atoms with Crippen molar-refractivity contribution in [2.24, 2.45) is 0 Å². The fourth-order valence-corrected chi connectivity index (χ4v) is 4.24. The van der Waals surface area contributed by atoms with Crippen molar-refractivity contribution >= 4 is 43.2 Å². The van der Waals surface area contributed by atoms with Gasteiger partial charge >= 0.3 is 0 Å². The number of aryl methyl sites for hydroxylation is 1. The summed E-state index contributed by atoms with van der Waals surface area (Å²) in [7, 11) is 0. The molecule has 4 rings (SSSR count). The average Bonchev–Trinajstić information content (AvgIpc) is 2.91. The van der Waals surface area contributed by atoms with E-state index in [0.29, 0.717) is 16.1 Å². The number of hydrogen-bond acceptors (Lipinski definition) is 4. The molecule has 0 aliphatic heterocycles. The van der Waals surface area contributed by atoms with Crippen LogP contribution in [0.25, 0.3) is 31.4 Å². The van der Waals surface area contributed by atoms with Gasteiger partial charge in [0.25, 0.3) is 5.56 Å². The summed E-state index contributed by atoms with van der Waals surface area (Å²) in [5.41, 5.74) is 2.73. The van der Waals surface area contributed by atoms with E-state index >= 15 is 0 Å². The number of fused-ring (bicyclic) bond motifs is 3. The Morgan fingerprint density at radius 2 is 2.12 bits per heavy atom. The Balaban J connectivity index is 2.24. The van der Waals surface area contributed by atoms with Crippen LogP contribution in [0.3, 0.4) is 0 Å². The summed E-state index contributed by atoms with van der Waals surface area (Å²) >= 11 is 7.64. The maximum Gasteiger partial charge on any atom is 0.267 e. The molecule has 0 aliphatic rings. The molecule has 0 bridgehead atoms. The van der Waals surface area contributed by atoms with Gasteiger partial charge in [-0.25, -0.2) is 0 Å². The van der Waals surface area contributed by atoms with E-state index < -0.39 is 5.56 Å². The molecule has 6 heteroatoms. The van der Waals surface area contributed by atoms with E-state index in [9.17, 15) is 10.1 Å². The summed E-state index contributed by atoms with van der Waals surface area (Å²) < 4.78 is 1.88. The monoisotopic (exact) mass is 351 g/mol. The van der Waals surface area contributed by atoms with Crippen molar-refractivity contribution in [2.75, 3.05) is 0 Å². The van der Waals surface area contributed by atoms with E-state index in [4.69, 9.17) is 11.6 Å².